The summed E-state index contributed by atoms with van der Waals surface area (Å²) in [5, 5.41) is 5.18. The summed E-state index contributed by atoms with van der Waals surface area (Å²) in [6.45, 7) is 3.78. The van der Waals surface area contributed by atoms with Crippen molar-refractivity contribution < 1.29 is 14.3 Å². The van der Waals surface area contributed by atoms with Crippen molar-refractivity contribution in [1.82, 2.24) is 5.32 Å². The second-order valence-electron chi connectivity index (χ2n) is 3.24. The molecule has 0 atom stereocenters. The predicted octanol–water partition coefficient (Wildman–Crippen LogP) is 1.67. The van der Waals surface area contributed by atoms with E-state index in [0.29, 0.717) is 12.2 Å². The van der Waals surface area contributed by atoms with Crippen molar-refractivity contribution in [2.24, 2.45) is 0 Å². The molecular formula is C12H14N2O3. The molecule has 2 amide bonds. The molecule has 0 saturated heterocycles. The van der Waals surface area contributed by atoms with Gasteiger partial charge in [-0.25, -0.2) is 4.79 Å². The van der Waals surface area contributed by atoms with Crippen LogP contribution in [0.4, 0.5) is 10.5 Å². The van der Waals surface area contributed by atoms with E-state index in [2.05, 4.69) is 21.9 Å². The summed E-state index contributed by atoms with van der Waals surface area (Å²) < 4.78 is 4.46. The molecule has 0 heterocycles. The highest BCUT2D eigenvalue weighted by Crippen LogP contribution is 2.09. The number of hydrogen-bond donors (Lipinski definition) is 2. The van der Waals surface area contributed by atoms with E-state index in [1.165, 1.54) is 13.2 Å². The van der Waals surface area contributed by atoms with E-state index in [4.69, 9.17) is 0 Å². The SMILES string of the molecule is C=CC(=O)NCc1ccc(NC(=O)OC)cc1. The third-order valence-electron chi connectivity index (χ3n) is 2.04. The first-order valence-electron chi connectivity index (χ1n) is 5.00. The monoisotopic (exact) mass is 234 g/mol. The van der Waals surface area contributed by atoms with Crippen LogP contribution in [0.15, 0.2) is 36.9 Å². The lowest BCUT2D eigenvalue weighted by molar-refractivity contribution is -0.116. The van der Waals surface area contributed by atoms with Gasteiger partial charge in [-0.05, 0) is 23.8 Å². The number of nitrogens with one attached hydrogen (secondary N) is 2. The normalized spacial score (nSPS) is 9.24. The molecule has 0 aliphatic carbocycles. The summed E-state index contributed by atoms with van der Waals surface area (Å²) in [5.41, 5.74) is 1.56. The number of amides is 2. The Kier molecular flexibility index (Phi) is 4.75. The van der Waals surface area contributed by atoms with Gasteiger partial charge in [0.15, 0.2) is 0 Å². The first-order chi connectivity index (χ1) is 8.15. The molecule has 0 bridgehead atoms. The molecule has 90 valence electrons. The summed E-state index contributed by atoms with van der Waals surface area (Å²) in [4.78, 5) is 21.9. The molecule has 0 radical (unpaired) electrons. The van der Waals surface area contributed by atoms with Crippen LogP contribution in [-0.2, 0) is 16.1 Å². The van der Waals surface area contributed by atoms with Crippen LogP contribution in [0.25, 0.3) is 0 Å². The number of hydrogen-bond acceptors (Lipinski definition) is 3. The van der Waals surface area contributed by atoms with Crippen LogP contribution >= 0.6 is 0 Å². The van der Waals surface area contributed by atoms with E-state index in [1.807, 2.05) is 0 Å². The molecule has 5 heteroatoms. The average molecular weight is 234 g/mol. The molecular weight excluding hydrogens is 220 g/mol. The standard InChI is InChI=1S/C12H14N2O3/c1-3-11(15)13-8-9-4-6-10(7-5-9)14-12(16)17-2/h3-7H,1,8H2,2H3,(H,13,15)(H,14,16). The van der Waals surface area contributed by atoms with Crippen molar-refractivity contribution >= 4 is 17.7 Å². The van der Waals surface area contributed by atoms with E-state index in [9.17, 15) is 9.59 Å². The van der Waals surface area contributed by atoms with Gasteiger partial charge in [0.2, 0.25) is 5.91 Å². The van der Waals surface area contributed by atoms with Gasteiger partial charge in [-0.2, -0.15) is 0 Å². The Morgan fingerprint density at radius 2 is 2.00 bits per heavy atom. The van der Waals surface area contributed by atoms with Crippen LogP contribution in [0, 0.1) is 0 Å². The Morgan fingerprint density at radius 1 is 1.35 bits per heavy atom. The van der Waals surface area contributed by atoms with Crippen molar-refractivity contribution in [3.05, 3.63) is 42.5 Å². The predicted molar refractivity (Wildman–Crippen MR) is 64.5 cm³/mol. The minimum absolute atomic E-state index is 0.221. The second-order valence-corrected chi connectivity index (χ2v) is 3.24. The van der Waals surface area contributed by atoms with E-state index in [-0.39, 0.29) is 5.91 Å². The van der Waals surface area contributed by atoms with E-state index in [0.717, 1.165) is 5.56 Å². The molecule has 17 heavy (non-hydrogen) atoms. The quantitative estimate of drug-likeness (QED) is 0.779. The van der Waals surface area contributed by atoms with Gasteiger partial charge in [-0.15, -0.1) is 0 Å². The number of ether oxygens (including phenoxy) is 1. The van der Waals surface area contributed by atoms with Crippen molar-refractivity contribution in [3.8, 4) is 0 Å². The molecule has 0 unspecified atom stereocenters. The van der Waals surface area contributed by atoms with Crippen molar-refractivity contribution in [3.63, 3.8) is 0 Å². The zero-order chi connectivity index (χ0) is 12.7. The maximum absolute atomic E-state index is 10.9. The number of methoxy groups -OCH3 is 1. The lowest BCUT2D eigenvalue weighted by Crippen LogP contribution is -2.19. The Labute approximate surface area is 99.5 Å². The fourth-order valence-electron chi connectivity index (χ4n) is 1.14. The molecule has 5 nitrogen and oxygen atoms in total. The highest BCUT2D eigenvalue weighted by molar-refractivity contribution is 5.86. The second kappa shape index (κ2) is 6.32. The Morgan fingerprint density at radius 3 is 2.53 bits per heavy atom. The molecule has 0 aliphatic rings. The van der Waals surface area contributed by atoms with Crippen molar-refractivity contribution in [1.29, 1.82) is 0 Å². The fraction of sp³-hybridized carbons (Fsp3) is 0.167. The Hall–Kier alpha value is -2.30. The molecule has 2 N–H and O–H groups in total. The lowest BCUT2D eigenvalue weighted by Gasteiger charge is -2.05. The van der Waals surface area contributed by atoms with Crippen molar-refractivity contribution in [2.45, 2.75) is 6.54 Å². The highest BCUT2D eigenvalue weighted by Gasteiger charge is 2.00. The Balaban J connectivity index is 2.52. The van der Waals surface area contributed by atoms with Gasteiger partial charge in [-0.3, -0.25) is 10.1 Å². The molecule has 0 aromatic heterocycles. The third-order valence-corrected chi connectivity index (χ3v) is 2.04. The first-order valence-corrected chi connectivity index (χ1v) is 5.00. The van der Waals surface area contributed by atoms with Gasteiger partial charge < -0.3 is 10.1 Å². The van der Waals surface area contributed by atoms with Crippen molar-refractivity contribution in [2.75, 3.05) is 12.4 Å². The topological polar surface area (TPSA) is 67.4 Å². The van der Waals surface area contributed by atoms with Gasteiger partial charge in [0.25, 0.3) is 0 Å². The smallest absolute Gasteiger partial charge is 0.411 e. The minimum Gasteiger partial charge on any atom is -0.453 e. The average Bonchev–Trinajstić information content (AvgIpc) is 2.37. The summed E-state index contributed by atoms with van der Waals surface area (Å²) in [6, 6.07) is 7.06. The van der Waals surface area contributed by atoms with Crippen LogP contribution in [0.1, 0.15) is 5.56 Å². The van der Waals surface area contributed by atoms with Crippen LogP contribution in [-0.4, -0.2) is 19.1 Å². The summed E-state index contributed by atoms with van der Waals surface area (Å²) >= 11 is 0. The van der Waals surface area contributed by atoms with Gasteiger partial charge in [0, 0.05) is 12.2 Å². The van der Waals surface area contributed by atoms with Crippen LogP contribution in [0.3, 0.4) is 0 Å². The maximum atomic E-state index is 10.9. The highest BCUT2D eigenvalue weighted by atomic mass is 16.5. The summed E-state index contributed by atoms with van der Waals surface area (Å²) in [7, 11) is 1.30. The third kappa shape index (κ3) is 4.38. The van der Waals surface area contributed by atoms with Gasteiger partial charge >= 0.3 is 6.09 Å². The molecule has 0 saturated carbocycles. The number of anilines is 1. The number of rotatable bonds is 4. The number of carbonyl (C=O) groups excluding carboxylic acids is 2. The first kappa shape index (κ1) is 12.8. The fourth-order valence-corrected chi connectivity index (χ4v) is 1.14. The van der Waals surface area contributed by atoms with Gasteiger partial charge in [-0.1, -0.05) is 18.7 Å². The summed E-state index contributed by atoms with van der Waals surface area (Å²) in [6.07, 6.45) is 0.699. The molecule has 0 fully saturated rings. The van der Waals surface area contributed by atoms with E-state index < -0.39 is 6.09 Å². The zero-order valence-electron chi connectivity index (χ0n) is 9.53. The largest absolute Gasteiger partial charge is 0.453 e. The van der Waals surface area contributed by atoms with Crippen LogP contribution < -0.4 is 10.6 Å². The van der Waals surface area contributed by atoms with E-state index in [1.54, 1.807) is 24.3 Å². The van der Waals surface area contributed by atoms with Gasteiger partial charge in [0.1, 0.15) is 0 Å². The number of benzene rings is 1. The van der Waals surface area contributed by atoms with Gasteiger partial charge in [0.05, 0.1) is 7.11 Å². The maximum Gasteiger partial charge on any atom is 0.411 e. The minimum atomic E-state index is -0.516. The molecule has 1 aromatic carbocycles. The molecule has 0 spiro atoms. The zero-order valence-corrected chi connectivity index (χ0v) is 9.53. The van der Waals surface area contributed by atoms with E-state index >= 15 is 0 Å². The molecule has 0 aliphatic heterocycles. The van der Waals surface area contributed by atoms with Crippen LogP contribution in [0.2, 0.25) is 0 Å². The summed E-state index contributed by atoms with van der Waals surface area (Å²) in [5.74, 6) is -0.221. The van der Waals surface area contributed by atoms with Crippen LogP contribution in [0.5, 0.6) is 0 Å². The molecule has 1 rings (SSSR count). The molecule has 1 aromatic rings. The number of carbonyl (C=O) groups is 2. The lowest BCUT2D eigenvalue weighted by atomic mass is 10.2. The Bertz CT molecular complexity index is 412.